The lowest BCUT2D eigenvalue weighted by Gasteiger charge is -2.05. The Bertz CT molecular complexity index is 202. The summed E-state index contributed by atoms with van der Waals surface area (Å²) in [6.45, 7) is -0.431. The van der Waals surface area contributed by atoms with Crippen LogP contribution in [0.25, 0.3) is 0 Å². The molecule has 1 aromatic rings. The first-order valence-corrected chi connectivity index (χ1v) is 3.43. The summed E-state index contributed by atoms with van der Waals surface area (Å²) in [5.74, 6) is 0.505. The van der Waals surface area contributed by atoms with Crippen molar-refractivity contribution in [2.75, 3.05) is 6.67 Å². The highest BCUT2D eigenvalue weighted by Gasteiger charge is 2.06. The van der Waals surface area contributed by atoms with E-state index in [4.69, 9.17) is 5.73 Å². The van der Waals surface area contributed by atoms with Gasteiger partial charge in [0.2, 0.25) is 0 Å². The molecule has 0 aliphatic heterocycles. The second-order valence-corrected chi connectivity index (χ2v) is 2.19. The Morgan fingerprint density at radius 3 is 2.64 bits per heavy atom. The van der Waals surface area contributed by atoms with Crippen LogP contribution in [0.1, 0.15) is 18.3 Å². The van der Waals surface area contributed by atoms with Gasteiger partial charge < -0.3 is 5.73 Å². The highest BCUT2D eigenvalue weighted by molar-refractivity contribution is 4.94. The number of hydrogen-bond donors (Lipinski definition) is 1. The number of nitrogens with two attached hydrogens (primary N) is 1. The number of alkyl halides is 1. The zero-order valence-corrected chi connectivity index (χ0v) is 6.07. The Morgan fingerprint density at radius 1 is 1.45 bits per heavy atom. The molecule has 4 heteroatoms. The Balaban J connectivity index is 2.61. The van der Waals surface area contributed by atoms with Crippen LogP contribution in [0.4, 0.5) is 4.39 Å². The third-order valence-corrected chi connectivity index (χ3v) is 1.34. The second-order valence-electron chi connectivity index (χ2n) is 2.19. The number of hydrogen-bond acceptors (Lipinski definition) is 3. The van der Waals surface area contributed by atoms with Crippen LogP contribution in [0.15, 0.2) is 18.5 Å². The summed E-state index contributed by atoms with van der Waals surface area (Å²) in [7, 11) is 0. The molecule has 0 aliphatic rings. The van der Waals surface area contributed by atoms with Crippen molar-refractivity contribution in [2.24, 2.45) is 5.73 Å². The molecule has 0 saturated heterocycles. The van der Waals surface area contributed by atoms with Gasteiger partial charge in [-0.05, 0) is 12.5 Å². The zero-order valence-electron chi connectivity index (χ0n) is 6.07. The fourth-order valence-corrected chi connectivity index (χ4v) is 0.749. The van der Waals surface area contributed by atoms with Crippen LogP contribution in [0, 0.1) is 0 Å². The molecule has 3 nitrogen and oxygen atoms in total. The van der Waals surface area contributed by atoms with Gasteiger partial charge in [0.1, 0.15) is 5.82 Å². The normalized spacial score (nSPS) is 12.9. The molecule has 0 radical (unpaired) electrons. The maximum absolute atomic E-state index is 11.8. The van der Waals surface area contributed by atoms with Crippen LogP contribution in [-0.2, 0) is 0 Å². The Hall–Kier alpha value is -1.03. The van der Waals surface area contributed by atoms with Gasteiger partial charge in [-0.25, -0.2) is 9.97 Å². The summed E-state index contributed by atoms with van der Waals surface area (Å²) in [5, 5.41) is 0. The second kappa shape index (κ2) is 3.98. The molecular formula is C7H10FN3. The van der Waals surface area contributed by atoms with E-state index < -0.39 is 6.67 Å². The van der Waals surface area contributed by atoms with Crippen molar-refractivity contribution in [3.8, 4) is 0 Å². The van der Waals surface area contributed by atoms with Crippen molar-refractivity contribution in [3.63, 3.8) is 0 Å². The van der Waals surface area contributed by atoms with Crippen LogP contribution in [0.5, 0.6) is 0 Å². The Labute approximate surface area is 64.5 Å². The summed E-state index contributed by atoms with van der Waals surface area (Å²) in [6.07, 6.45) is 3.48. The summed E-state index contributed by atoms with van der Waals surface area (Å²) in [6, 6.07) is 1.33. The average Bonchev–Trinajstić information content (AvgIpc) is 2.07. The number of aromatic nitrogens is 2. The quantitative estimate of drug-likeness (QED) is 0.703. The molecule has 60 valence electrons. The molecule has 1 unspecified atom stereocenters. The van der Waals surface area contributed by atoms with Gasteiger partial charge in [-0.3, -0.25) is 4.39 Å². The van der Waals surface area contributed by atoms with Gasteiger partial charge in [-0.1, -0.05) is 0 Å². The van der Waals surface area contributed by atoms with Crippen molar-refractivity contribution in [3.05, 3.63) is 24.3 Å². The largest absolute Gasteiger partial charge is 0.321 e. The van der Waals surface area contributed by atoms with E-state index in [1.54, 1.807) is 18.5 Å². The predicted octanol–water partition coefficient (Wildman–Crippen LogP) is 0.836. The highest BCUT2D eigenvalue weighted by atomic mass is 19.1. The number of nitrogens with zero attached hydrogens (tertiary/aromatic N) is 2. The SMILES string of the molecule is NC(CCF)c1ncccn1. The minimum atomic E-state index is -0.431. The number of halogens is 1. The molecule has 1 aromatic heterocycles. The maximum Gasteiger partial charge on any atom is 0.144 e. The van der Waals surface area contributed by atoms with E-state index in [9.17, 15) is 4.39 Å². The fraction of sp³-hybridized carbons (Fsp3) is 0.429. The molecule has 11 heavy (non-hydrogen) atoms. The van der Waals surface area contributed by atoms with E-state index in [1.807, 2.05) is 0 Å². The molecule has 0 saturated carbocycles. The smallest absolute Gasteiger partial charge is 0.144 e. The first kappa shape index (κ1) is 8.07. The van der Waals surface area contributed by atoms with Crippen LogP contribution in [-0.4, -0.2) is 16.6 Å². The van der Waals surface area contributed by atoms with Crippen molar-refractivity contribution < 1.29 is 4.39 Å². The third kappa shape index (κ3) is 2.23. The van der Waals surface area contributed by atoms with E-state index in [0.29, 0.717) is 5.82 Å². The molecule has 2 N–H and O–H groups in total. The predicted molar refractivity (Wildman–Crippen MR) is 39.6 cm³/mol. The summed E-state index contributed by atoms with van der Waals surface area (Å²) in [5.41, 5.74) is 5.54. The Morgan fingerprint density at radius 2 is 2.09 bits per heavy atom. The molecule has 0 bridgehead atoms. The van der Waals surface area contributed by atoms with E-state index in [0.717, 1.165) is 0 Å². The summed E-state index contributed by atoms with van der Waals surface area (Å²) < 4.78 is 11.8. The molecule has 0 fully saturated rings. The van der Waals surface area contributed by atoms with Crippen LogP contribution in [0.3, 0.4) is 0 Å². The van der Waals surface area contributed by atoms with Crippen LogP contribution >= 0.6 is 0 Å². The van der Waals surface area contributed by atoms with Crippen LogP contribution < -0.4 is 5.73 Å². The molecular weight excluding hydrogens is 145 g/mol. The minimum absolute atomic E-state index is 0.282. The van der Waals surface area contributed by atoms with Crippen molar-refractivity contribution in [2.45, 2.75) is 12.5 Å². The van der Waals surface area contributed by atoms with Gasteiger partial charge in [0.25, 0.3) is 0 Å². The van der Waals surface area contributed by atoms with Gasteiger partial charge in [0.05, 0.1) is 12.7 Å². The van der Waals surface area contributed by atoms with Crippen LogP contribution in [0.2, 0.25) is 0 Å². The van der Waals surface area contributed by atoms with Crippen molar-refractivity contribution in [1.82, 2.24) is 9.97 Å². The van der Waals surface area contributed by atoms with Crippen molar-refractivity contribution in [1.29, 1.82) is 0 Å². The van der Waals surface area contributed by atoms with Gasteiger partial charge in [-0.15, -0.1) is 0 Å². The zero-order chi connectivity index (χ0) is 8.10. The fourth-order valence-electron chi connectivity index (χ4n) is 0.749. The minimum Gasteiger partial charge on any atom is -0.321 e. The van der Waals surface area contributed by atoms with Gasteiger partial charge >= 0.3 is 0 Å². The van der Waals surface area contributed by atoms with E-state index in [-0.39, 0.29) is 12.5 Å². The lowest BCUT2D eigenvalue weighted by Crippen LogP contribution is -2.14. The monoisotopic (exact) mass is 155 g/mol. The topological polar surface area (TPSA) is 51.8 Å². The highest BCUT2D eigenvalue weighted by Crippen LogP contribution is 2.06. The standard InChI is InChI=1S/C7H10FN3/c8-3-2-6(9)7-10-4-1-5-11-7/h1,4-6H,2-3,9H2. The van der Waals surface area contributed by atoms with Gasteiger partial charge in [0.15, 0.2) is 0 Å². The van der Waals surface area contributed by atoms with Crippen molar-refractivity contribution >= 4 is 0 Å². The van der Waals surface area contributed by atoms with E-state index in [2.05, 4.69) is 9.97 Å². The average molecular weight is 155 g/mol. The molecule has 0 aliphatic carbocycles. The number of rotatable bonds is 3. The molecule has 0 spiro atoms. The Kier molecular flexibility index (Phi) is 2.92. The lowest BCUT2D eigenvalue weighted by molar-refractivity contribution is 0.434. The van der Waals surface area contributed by atoms with E-state index in [1.165, 1.54) is 0 Å². The maximum atomic E-state index is 11.8. The lowest BCUT2D eigenvalue weighted by atomic mass is 10.2. The molecule has 1 atom stereocenters. The first-order valence-electron chi connectivity index (χ1n) is 3.43. The van der Waals surface area contributed by atoms with Gasteiger partial charge in [0, 0.05) is 12.4 Å². The summed E-state index contributed by atoms with van der Waals surface area (Å²) in [4.78, 5) is 7.79. The first-order chi connectivity index (χ1) is 5.34. The third-order valence-electron chi connectivity index (χ3n) is 1.34. The van der Waals surface area contributed by atoms with Gasteiger partial charge in [-0.2, -0.15) is 0 Å². The summed E-state index contributed by atoms with van der Waals surface area (Å²) >= 11 is 0. The molecule has 0 aromatic carbocycles. The molecule has 1 rings (SSSR count). The molecule has 1 heterocycles. The molecule has 0 amide bonds. The van der Waals surface area contributed by atoms with E-state index >= 15 is 0 Å².